The molecule has 0 radical (unpaired) electrons. The van der Waals surface area contributed by atoms with Crippen molar-refractivity contribution in [1.82, 2.24) is 4.98 Å². The van der Waals surface area contributed by atoms with Crippen molar-refractivity contribution in [2.24, 2.45) is 0 Å². The summed E-state index contributed by atoms with van der Waals surface area (Å²) in [5, 5.41) is 1.79. The number of pyridine rings is 1. The van der Waals surface area contributed by atoms with Gasteiger partial charge >= 0.3 is 0 Å². The van der Waals surface area contributed by atoms with E-state index in [0.29, 0.717) is 26.0 Å². The summed E-state index contributed by atoms with van der Waals surface area (Å²) in [5.74, 6) is 0. The highest BCUT2D eigenvalue weighted by molar-refractivity contribution is 6.47. The first-order valence-corrected chi connectivity index (χ1v) is 4.89. The summed E-state index contributed by atoms with van der Waals surface area (Å²) in [4.78, 5) is 13.6. The molecule has 0 aliphatic rings. The molecule has 0 unspecified atom stereocenters. The van der Waals surface area contributed by atoms with E-state index in [2.05, 4.69) is 4.98 Å². The second-order valence-corrected chi connectivity index (χ2v) is 3.96. The number of H-pyrrole nitrogens is 1. The molecule has 0 atom stereocenters. The molecule has 0 aliphatic carbocycles. The summed E-state index contributed by atoms with van der Waals surface area (Å²) in [6.07, 6.45) is 0. The van der Waals surface area contributed by atoms with Gasteiger partial charge in [-0.2, -0.15) is 0 Å². The fourth-order valence-corrected chi connectivity index (χ4v) is 1.96. The molecule has 0 saturated carbocycles. The van der Waals surface area contributed by atoms with E-state index in [-0.39, 0.29) is 5.56 Å². The zero-order chi connectivity index (χ0) is 10.3. The molecule has 1 aromatic heterocycles. The number of rotatable bonds is 0. The van der Waals surface area contributed by atoms with Gasteiger partial charge in [-0.15, -0.1) is 0 Å². The van der Waals surface area contributed by atoms with Gasteiger partial charge in [-0.05, 0) is 12.1 Å². The number of aromatic amines is 1. The maximum Gasteiger partial charge on any atom is 0.248 e. The highest BCUT2D eigenvalue weighted by atomic mass is 35.5. The highest BCUT2D eigenvalue weighted by Crippen LogP contribution is 2.33. The molecule has 0 bridgehead atoms. The van der Waals surface area contributed by atoms with Crippen LogP contribution in [0.3, 0.4) is 0 Å². The zero-order valence-corrected chi connectivity index (χ0v) is 9.04. The molecular weight excluding hydrogens is 244 g/mol. The number of fused-ring (bicyclic) bond motifs is 1. The number of halogens is 3. The van der Waals surface area contributed by atoms with Gasteiger partial charge in [0, 0.05) is 11.5 Å². The Labute approximate surface area is 94.4 Å². The van der Waals surface area contributed by atoms with Crippen LogP contribution >= 0.6 is 34.8 Å². The van der Waals surface area contributed by atoms with Gasteiger partial charge in [-0.3, -0.25) is 4.79 Å². The van der Waals surface area contributed by atoms with Gasteiger partial charge in [0.25, 0.3) is 0 Å². The minimum Gasteiger partial charge on any atom is -0.321 e. The quantitative estimate of drug-likeness (QED) is 0.711. The molecular formula is C9H4Cl3NO. The van der Waals surface area contributed by atoms with E-state index in [0.717, 1.165) is 0 Å². The van der Waals surface area contributed by atoms with Crippen LogP contribution in [0, 0.1) is 0 Å². The average Bonchev–Trinajstić information content (AvgIpc) is 2.14. The van der Waals surface area contributed by atoms with Gasteiger partial charge in [-0.25, -0.2) is 0 Å². The predicted octanol–water partition coefficient (Wildman–Crippen LogP) is 3.49. The molecule has 0 aliphatic heterocycles. The second-order valence-electron chi connectivity index (χ2n) is 2.77. The molecule has 0 fully saturated rings. The van der Waals surface area contributed by atoms with Crippen LogP contribution in [0.1, 0.15) is 0 Å². The lowest BCUT2D eigenvalue weighted by Gasteiger charge is -2.03. The van der Waals surface area contributed by atoms with Gasteiger partial charge in [0.15, 0.2) is 0 Å². The van der Waals surface area contributed by atoms with Crippen LogP contribution in [0.25, 0.3) is 10.9 Å². The molecule has 0 amide bonds. The summed E-state index contributed by atoms with van der Waals surface area (Å²) in [6.45, 7) is 0. The zero-order valence-electron chi connectivity index (χ0n) is 6.77. The number of hydrogen-bond donors (Lipinski definition) is 1. The van der Waals surface area contributed by atoms with Crippen LogP contribution in [0.5, 0.6) is 0 Å². The van der Waals surface area contributed by atoms with Crippen molar-refractivity contribution in [3.05, 3.63) is 43.6 Å². The maximum atomic E-state index is 11.0. The lowest BCUT2D eigenvalue weighted by atomic mass is 10.2. The van der Waals surface area contributed by atoms with Gasteiger partial charge < -0.3 is 4.98 Å². The third kappa shape index (κ3) is 1.50. The van der Waals surface area contributed by atoms with Crippen molar-refractivity contribution >= 4 is 45.7 Å². The average molecular weight is 248 g/mol. The monoisotopic (exact) mass is 247 g/mol. The van der Waals surface area contributed by atoms with Gasteiger partial charge in [0.1, 0.15) is 0 Å². The minimum atomic E-state index is -0.224. The third-order valence-electron chi connectivity index (χ3n) is 1.86. The van der Waals surface area contributed by atoms with Crippen LogP contribution in [-0.4, -0.2) is 4.98 Å². The van der Waals surface area contributed by atoms with Crippen LogP contribution in [0.4, 0.5) is 0 Å². The van der Waals surface area contributed by atoms with Crippen molar-refractivity contribution in [2.75, 3.05) is 0 Å². The maximum absolute atomic E-state index is 11.0. The predicted molar refractivity (Wildman–Crippen MR) is 59.6 cm³/mol. The Morgan fingerprint density at radius 3 is 2.50 bits per heavy atom. The van der Waals surface area contributed by atoms with Crippen LogP contribution in [0.15, 0.2) is 23.0 Å². The number of benzene rings is 1. The van der Waals surface area contributed by atoms with E-state index in [9.17, 15) is 4.79 Å². The standard InChI is InChI=1S/C9H4Cl3NO/c10-5-3-6(11)9-4(8(5)12)1-2-7(14)13-9/h1-3H,(H,13,14). The molecule has 2 aromatic rings. The molecule has 2 rings (SSSR count). The SMILES string of the molecule is O=c1ccc2c(Cl)c(Cl)cc(Cl)c2[nH]1. The van der Waals surface area contributed by atoms with E-state index in [1.807, 2.05) is 0 Å². The van der Waals surface area contributed by atoms with Crippen molar-refractivity contribution in [3.8, 4) is 0 Å². The molecule has 1 N–H and O–H groups in total. The Balaban J connectivity index is 3.02. The minimum absolute atomic E-state index is 0.224. The fraction of sp³-hybridized carbons (Fsp3) is 0. The smallest absolute Gasteiger partial charge is 0.248 e. The lowest BCUT2D eigenvalue weighted by molar-refractivity contribution is 1.31. The number of hydrogen-bond acceptors (Lipinski definition) is 1. The molecule has 72 valence electrons. The van der Waals surface area contributed by atoms with Crippen molar-refractivity contribution in [2.45, 2.75) is 0 Å². The Hall–Kier alpha value is -0.700. The molecule has 0 saturated heterocycles. The van der Waals surface area contributed by atoms with E-state index in [4.69, 9.17) is 34.8 Å². The Kier molecular flexibility index (Phi) is 2.43. The molecule has 1 aromatic carbocycles. The Morgan fingerprint density at radius 1 is 1.07 bits per heavy atom. The van der Waals surface area contributed by atoms with Crippen molar-refractivity contribution in [3.63, 3.8) is 0 Å². The number of aromatic nitrogens is 1. The first kappa shape index (κ1) is 9.84. The molecule has 2 nitrogen and oxygen atoms in total. The van der Waals surface area contributed by atoms with Gasteiger partial charge in [-0.1, -0.05) is 34.8 Å². The lowest BCUT2D eigenvalue weighted by Crippen LogP contribution is -2.02. The fourth-order valence-electron chi connectivity index (χ4n) is 1.22. The van der Waals surface area contributed by atoms with E-state index >= 15 is 0 Å². The van der Waals surface area contributed by atoms with Crippen molar-refractivity contribution in [1.29, 1.82) is 0 Å². The Morgan fingerprint density at radius 2 is 1.79 bits per heavy atom. The summed E-state index contributed by atoms with van der Waals surface area (Å²) in [7, 11) is 0. The van der Waals surface area contributed by atoms with E-state index in [1.54, 1.807) is 6.07 Å². The first-order chi connectivity index (χ1) is 6.59. The summed E-state index contributed by atoms with van der Waals surface area (Å²) < 4.78 is 0. The second kappa shape index (κ2) is 3.46. The summed E-state index contributed by atoms with van der Waals surface area (Å²) in [5.41, 5.74) is 0.284. The van der Waals surface area contributed by atoms with E-state index in [1.165, 1.54) is 12.1 Å². The molecule has 1 heterocycles. The summed E-state index contributed by atoms with van der Waals surface area (Å²) in [6, 6.07) is 4.47. The number of nitrogens with one attached hydrogen (secondary N) is 1. The van der Waals surface area contributed by atoms with Crippen LogP contribution in [0.2, 0.25) is 15.1 Å². The van der Waals surface area contributed by atoms with Gasteiger partial charge in [0.2, 0.25) is 5.56 Å². The largest absolute Gasteiger partial charge is 0.321 e. The summed E-state index contributed by atoms with van der Waals surface area (Å²) >= 11 is 17.7. The van der Waals surface area contributed by atoms with Gasteiger partial charge in [0.05, 0.1) is 20.6 Å². The normalized spacial score (nSPS) is 10.8. The molecule has 14 heavy (non-hydrogen) atoms. The first-order valence-electron chi connectivity index (χ1n) is 3.76. The Bertz CT molecular complexity index is 562. The topological polar surface area (TPSA) is 32.9 Å². The van der Waals surface area contributed by atoms with E-state index < -0.39 is 0 Å². The molecule has 0 spiro atoms. The van der Waals surface area contributed by atoms with Crippen LogP contribution < -0.4 is 5.56 Å². The van der Waals surface area contributed by atoms with Crippen LogP contribution in [-0.2, 0) is 0 Å². The van der Waals surface area contributed by atoms with Crippen molar-refractivity contribution < 1.29 is 0 Å². The third-order valence-corrected chi connectivity index (χ3v) is 2.96. The highest BCUT2D eigenvalue weighted by Gasteiger charge is 2.08. The molecule has 5 heteroatoms.